The molecule has 0 aliphatic rings. The van der Waals surface area contributed by atoms with Crippen molar-refractivity contribution in [3.05, 3.63) is 47.9 Å². The molecule has 122 valence electrons. The maximum absolute atomic E-state index is 12.3. The molecule has 3 heteroatoms. The Labute approximate surface area is 130 Å². The van der Waals surface area contributed by atoms with Gasteiger partial charge in [0, 0.05) is 18.7 Å². The minimum absolute atomic E-state index is 0.132. The van der Waals surface area contributed by atoms with Crippen LogP contribution in [0, 0.1) is 12.7 Å². The van der Waals surface area contributed by atoms with Gasteiger partial charge in [0.05, 0.1) is 0 Å². The fraction of sp³-hybridized carbons (Fsp3) is 0.500. The van der Waals surface area contributed by atoms with Crippen molar-refractivity contribution in [3.63, 3.8) is 0 Å². The molecular formula is C18H32FNO. The number of hydrogen-bond acceptors (Lipinski definition) is 2. The van der Waals surface area contributed by atoms with E-state index in [1.165, 1.54) is 6.07 Å². The van der Waals surface area contributed by atoms with Gasteiger partial charge in [-0.05, 0) is 32.4 Å². The predicted molar refractivity (Wildman–Crippen MR) is 91.9 cm³/mol. The summed E-state index contributed by atoms with van der Waals surface area (Å²) in [7, 11) is 0. The Morgan fingerprint density at radius 3 is 1.90 bits per heavy atom. The van der Waals surface area contributed by atoms with Crippen molar-refractivity contribution in [1.29, 1.82) is 0 Å². The Balaban J connectivity index is -0.000000250. The van der Waals surface area contributed by atoms with Crippen LogP contribution in [0.1, 0.15) is 53.5 Å². The first kappa shape index (κ1) is 24.4. The Morgan fingerprint density at radius 1 is 1.14 bits per heavy atom. The van der Waals surface area contributed by atoms with Gasteiger partial charge in [-0.2, -0.15) is 0 Å². The molecule has 0 fully saturated rings. The highest BCUT2D eigenvalue weighted by Gasteiger charge is 1.90. The number of carbonyl (C=O) groups excluding carboxylic acids is 1. The fourth-order valence-corrected chi connectivity index (χ4v) is 1.00. The molecule has 0 aliphatic carbocycles. The van der Waals surface area contributed by atoms with Crippen LogP contribution in [0.3, 0.4) is 0 Å². The summed E-state index contributed by atoms with van der Waals surface area (Å²) in [6.45, 7) is 17.5. The summed E-state index contributed by atoms with van der Waals surface area (Å²) < 4.78 is 12.3. The first-order valence-corrected chi connectivity index (χ1v) is 7.53. The van der Waals surface area contributed by atoms with Crippen LogP contribution in [0.15, 0.2) is 36.5 Å². The third-order valence-corrected chi connectivity index (χ3v) is 1.98. The molecule has 0 saturated carbocycles. The molecule has 0 heterocycles. The zero-order chi connectivity index (χ0) is 17.3. The van der Waals surface area contributed by atoms with Crippen molar-refractivity contribution in [2.75, 3.05) is 6.54 Å². The summed E-state index contributed by atoms with van der Waals surface area (Å²) in [5.74, 6) is 0.0799. The second-order valence-corrected chi connectivity index (χ2v) is 3.91. The maximum Gasteiger partial charge on any atom is 0.131 e. The molecule has 2 nitrogen and oxygen atoms in total. The van der Waals surface area contributed by atoms with Gasteiger partial charge in [0.15, 0.2) is 0 Å². The summed E-state index contributed by atoms with van der Waals surface area (Å²) in [4.78, 5) is 10.4. The normalized spacial score (nSPS) is 7.81. The molecule has 1 aromatic rings. The highest BCUT2D eigenvalue weighted by atomic mass is 19.1. The molecule has 0 saturated heterocycles. The number of aryl methyl sites for hydroxylation is 1. The number of ketones is 1. The van der Waals surface area contributed by atoms with Gasteiger partial charge < -0.3 is 5.32 Å². The average molecular weight is 297 g/mol. The number of halogens is 1. The monoisotopic (exact) mass is 297 g/mol. The Morgan fingerprint density at radius 2 is 1.62 bits per heavy atom. The zero-order valence-corrected chi connectivity index (χ0v) is 14.7. The third kappa shape index (κ3) is 20.8. The highest BCUT2D eigenvalue weighted by molar-refractivity contribution is 5.75. The van der Waals surface area contributed by atoms with Crippen LogP contribution in [0.4, 0.5) is 4.39 Å². The lowest BCUT2D eigenvalue weighted by molar-refractivity contribution is -0.116. The van der Waals surface area contributed by atoms with Crippen LogP contribution in [-0.4, -0.2) is 12.3 Å². The summed E-state index contributed by atoms with van der Waals surface area (Å²) in [5.41, 5.74) is 1.61. The summed E-state index contributed by atoms with van der Waals surface area (Å²) in [5, 5.41) is 2.96. The molecule has 0 aliphatic heterocycles. The molecule has 1 aromatic carbocycles. The molecular weight excluding hydrogens is 265 g/mol. The van der Waals surface area contributed by atoms with Gasteiger partial charge in [-0.25, -0.2) is 4.39 Å². The van der Waals surface area contributed by atoms with Gasteiger partial charge in [0.25, 0.3) is 0 Å². The number of rotatable bonds is 4. The van der Waals surface area contributed by atoms with Crippen LogP contribution in [0.5, 0.6) is 0 Å². The fourth-order valence-electron chi connectivity index (χ4n) is 1.00. The molecule has 0 unspecified atom stereocenters. The number of hydrogen-bond donors (Lipinski definition) is 1. The van der Waals surface area contributed by atoms with E-state index in [1.54, 1.807) is 26.0 Å². The average Bonchev–Trinajstić information content (AvgIpc) is 2.46. The van der Waals surface area contributed by atoms with Crippen molar-refractivity contribution in [2.24, 2.45) is 0 Å². The van der Waals surface area contributed by atoms with Crippen molar-refractivity contribution >= 4 is 5.78 Å². The summed E-state index contributed by atoms with van der Waals surface area (Å²) in [6, 6.07) is 6.70. The lowest BCUT2D eigenvalue weighted by Gasteiger charge is -2.00. The summed E-state index contributed by atoms with van der Waals surface area (Å²) >= 11 is 0. The Kier molecular flexibility index (Phi) is 21.3. The smallest absolute Gasteiger partial charge is 0.131 e. The lowest BCUT2D eigenvalue weighted by Crippen LogP contribution is -2.13. The van der Waals surface area contributed by atoms with E-state index >= 15 is 0 Å². The van der Waals surface area contributed by atoms with E-state index in [9.17, 15) is 9.18 Å². The van der Waals surface area contributed by atoms with Gasteiger partial charge >= 0.3 is 0 Å². The van der Waals surface area contributed by atoms with E-state index in [4.69, 9.17) is 0 Å². The van der Waals surface area contributed by atoms with Gasteiger partial charge in [-0.3, -0.25) is 4.79 Å². The van der Waals surface area contributed by atoms with E-state index in [2.05, 4.69) is 11.9 Å². The number of carbonyl (C=O) groups is 1. The molecule has 0 aromatic heterocycles. The van der Waals surface area contributed by atoms with E-state index in [0.29, 0.717) is 18.5 Å². The molecule has 0 bridgehead atoms. The van der Waals surface area contributed by atoms with Crippen LogP contribution in [0.25, 0.3) is 0 Å². The minimum atomic E-state index is -0.132. The number of Topliss-reactive ketones (excluding diaryl/α,β-unsaturated/α-hetero) is 1. The standard InChI is InChI=1S/C7H7F.C7H13NO.2C2H6/c1-6-4-2-3-5-7(6)8;1-6(2)8-5-4-7(3)9;2*1-2/h2-5H,1H3;8H,1,4-5H2,2-3H3;2*1-2H3. The zero-order valence-electron chi connectivity index (χ0n) is 14.7. The second-order valence-electron chi connectivity index (χ2n) is 3.91. The third-order valence-electron chi connectivity index (χ3n) is 1.98. The number of nitrogens with one attached hydrogen (secondary N) is 1. The molecule has 0 atom stereocenters. The van der Waals surface area contributed by atoms with Gasteiger partial charge in [-0.15, -0.1) is 0 Å². The first-order valence-electron chi connectivity index (χ1n) is 7.53. The highest BCUT2D eigenvalue weighted by Crippen LogP contribution is 2.01. The summed E-state index contributed by atoms with van der Waals surface area (Å²) in [6.07, 6.45) is 0.590. The van der Waals surface area contributed by atoms with Crippen LogP contribution >= 0.6 is 0 Å². The molecule has 1 rings (SSSR count). The van der Waals surface area contributed by atoms with Crippen molar-refractivity contribution in [1.82, 2.24) is 5.32 Å². The number of allylic oxidation sites excluding steroid dienone is 1. The van der Waals surface area contributed by atoms with Gasteiger partial charge in [0.1, 0.15) is 11.6 Å². The van der Waals surface area contributed by atoms with Gasteiger partial charge in [-0.1, -0.05) is 52.5 Å². The second kappa shape index (κ2) is 18.4. The predicted octanol–water partition coefficient (Wildman–Crippen LogP) is 5.28. The molecule has 21 heavy (non-hydrogen) atoms. The van der Waals surface area contributed by atoms with Crippen LogP contribution < -0.4 is 5.32 Å². The van der Waals surface area contributed by atoms with E-state index in [1.807, 2.05) is 40.7 Å². The van der Waals surface area contributed by atoms with E-state index < -0.39 is 0 Å². The minimum Gasteiger partial charge on any atom is -0.389 e. The SMILES string of the molecule is C=C(C)NCCC(C)=O.CC.CC.Cc1ccccc1F. The topological polar surface area (TPSA) is 29.1 Å². The molecule has 0 amide bonds. The van der Waals surface area contributed by atoms with E-state index in [-0.39, 0.29) is 11.6 Å². The quantitative estimate of drug-likeness (QED) is 0.819. The molecule has 0 spiro atoms. The number of benzene rings is 1. The molecule has 0 radical (unpaired) electrons. The molecule has 1 N–H and O–H groups in total. The van der Waals surface area contributed by atoms with Crippen LogP contribution in [0.2, 0.25) is 0 Å². The lowest BCUT2D eigenvalue weighted by atomic mass is 10.2. The largest absolute Gasteiger partial charge is 0.389 e. The van der Waals surface area contributed by atoms with Crippen molar-refractivity contribution in [2.45, 2.75) is 54.9 Å². The van der Waals surface area contributed by atoms with Crippen molar-refractivity contribution < 1.29 is 9.18 Å². The first-order chi connectivity index (χ1) is 9.93. The Bertz CT molecular complexity index is 340. The Hall–Kier alpha value is -1.64. The maximum atomic E-state index is 12.3. The van der Waals surface area contributed by atoms with Crippen molar-refractivity contribution in [3.8, 4) is 0 Å². The van der Waals surface area contributed by atoms with E-state index in [0.717, 1.165) is 5.70 Å². The van der Waals surface area contributed by atoms with Crippen LogP contribution in [-0.2, 0) is 4.79 Å². The van der Waals surface area contributed by atoms with Gasteiger partial charge in [0.2, 0.25) is 0 Å².